The molecule has 0 aliphatic carbocycles. The molecule has 0 bridgehead atoms. The lowest BCUT2D eigenvalue weighted by Gasteiger charge is -1.88. The van der Waals surface area contributed by atoms with Gasteiger partial charge in [-0.3, -0.25) is 0 Å². The highest BCUT2D eigenvalue weighted by molar-refractivity contribution is 7.80. The molecule has 0 radical (unpaired) electrons. The van der Waals surface area contributed by atoms with Gasteiger partial charge in [0, 0.05) is 0 Å². The summed E-state index contributed by atoms with van der Waals surface area (Å²) < 4.78 is 4.87. The first-order valence-corrected chi connectivity index (χ1v) is 2.85. The van der Waals surface area contributed by atoms with Gasteiger partial charge in [-0.25, -0.2) is 4.98 Å². The first-order chi connectivity index (χ1) is 4.29. The summed E-state index contributed by atoms with van der Waals surface area (Å²) in [5.74, 6) is 0.711. The number of hydrogen-bond acceptors (Lipinski definition) is 3. The normalized spacial score (nSPS) is 9.33. The molecule has 0 amide bonds. The maximum atomic E-state index is 5.23. The summed E-state index contributed by atoms with van der Waals surface area (Å²) in [6.07, 6.45) is 3.45. The number of aromatic nitrogens is 1. The Morgan fingerprint density at radius 3 is 3.11 bits per heavy atom. The molecular weight excluding hydrogens is 136 g/mol. The molecule has 0 aliphatic heterocycles. The first kappa shape index (κ1) is 6.22. The molecule has 1 aromatic rings. The van der Waals surface area contributed by atoms with E-state index in [4.69, 9.17) is 10.2 Å². The van der Waals surface area contributed by atoms with Crippen LogP contribution < -0.4 is 5.73 Å². The van der Waals surface area contributed by atoms with Crippen molar-refractivity contribution in [2.75, 3.05) is 0 Å². The first-order valence-electron chi connectivity index (χ1n) is 2.44. The highest BCUT2D eigenvalue weighted by atomic mass is 32.1. The van der Waals surface area contributed by atoms with E-state index in [9.17, 15) is 0 Å². The van der Waals surface area contributed by atoms with Crippen molar-refractivity contribution >= 4 is 17.2 Å². The van der Waals surface area contributed by atoms with E-state index in [0.717, 1.165) is 0 Å². The monoisotopic (exact) mass is 142 g/mol. The van der Waals surface area contributed by atoms with Gasteiger partial charge in [0.1, 0.15) is 5.76 Å². The molecule has 0 aliphatic rings. The van der Waals surface area contributed by atoms with Crippen LogP contribution in [-0.4, -0.2) is 9.97 Å². The Labute approximate surface area is 57.9 Å². The third kappa shape index (κ3) is 1.81. The number of rotatable bonds is 2. The van der Waals surface area contributed by atoms with E-state index in [2.05, 4.69) is 17.2 Å². The number of oxazole rings is 1. The van der Waals surface area contributed by atoms with Crippen LogP contribution in [0.1, 0.15) is 5.76 Å². The predicted molar refractivity (Wildman–Crippen MR) is 37.0 cm³/mol. The minimum atomic E-state index is 0.423. The van der Waals surface area contributed by atoms with E-state index in [1.54, 1.807) is 6.20 Å². The smallest absolute Gasteiger partial charge is 0.180 e. The molecule has 1 heterocycles. The zero-order valence-electron chi connectivity index (χ0n) is 4.70. The van der Waals surface area contributed by atoms with Crippen molar-refractivity contribution in [3.63, 3.8) is 0 Å². The van der Waals surface area contributed by atoms with E-state index < -0.39 is 0 Å². The molecule has 4 heteroatoms. The Balaban J connectivity index is 2.58. The Bertz CT molecular complexity index is 195. The molecule has 0 saturated heterocycles. The molecular formula is C5H6N2OS. The number of hydrogen-bond donors (Lipinski definition) is 1. The summed E-state index contributed by atoms with van der Waals surface area (Å²) in [4.78, 5) is 4.12. The van der Waals surface area contributed by atoms with Gasteiger partial charge in [0.25, 0.3) is 0 Å². The van der Waals surface area contributed by atoms with Crippen molar-refractivity contribution in [3.05, 3.63) is 18.4 Å². The Hall–Kier alpha value is -0.900. The fourth-order valence-electron chi connectivity index (χ4n) is 0.501. The third-order valence-corrected chi connectivity index (χ3v) is 0.976. The van der Waals surface area contributed by atoms with E-state index in [0.29, 0.717) is 17.2 Å². The minimum absolute atomic E-state index is 0.423. The van der Waals surface area contributed by atoms with Crippen LogP contribution in [0.5, 0.6) is 0 Å². The Morgan fingerprint density at radius 2 is 2.67 bits per heavy atom. The zero-order valence-corrected chi connectivity index (χ0v) is 5.52. The lowest BCUT2D eigenvalue weighted by atomic mass is 10.4. The summed E-state index contributed by atoms with van der Waals surface area (Å²) in [6, 6.07) is 0. The molecule has 48 valence electrons. The molecule has 9 heavy (non-hydrogen) atoms. The van der Waals surface area contributed by atoms with E-state index in [1.165, 1.54) is 6.39 Å². The van der Waals surface area contributed by atoms with Crippen LogP contribution in [0, 0.1) is 0 Å². The van der Waals surface area contributed by atoms with Crippen LogP contribution in [0.15, 0.2) is 17.0 Å². The van der Waals surface area contributed by atoms with Gasteiger partial charge in [0.15, 0.2) is 6.39 Å². The average molecular weight is 142 g/mol. The number of thiocarbonyl (C=S) groups is 1. The van der Waals surface area contributed by atoms with Gasteiger partial charge in [-0.05, 0) is 0 Å². The molecule has 0 fully saturated rings. The lowest BCUT2D eigenvalue weighted by Crippen LogP contribution is -2.10. The summed E-state index contributed by atoms with van der Waals surface area (Å²) in [5.41, 5.74) is 5.23. The number of nitrogens with two attached hydrogens (primary N) is 1. The van der Waals surface area contributed by atoms with Crippen LogP contribution in [0.25, 0.3) is 0 Å². The highest BCUT2D eigenvalue weighted by Gasteiger charge is 1.95. The highest BCUT2D eigenvalue weighted by Crippen LogP contribution is 1.96. The largest absolute Gasteiger partial charge is 0.448 e. The number of nitrogens with zero attached hydrogens (tertiary/aromatic N) is 1. The summed E-state index contributed by atoms with van der Waals surface area (Å²) >= 11 is 4.63. The Morgan fingerprint density at radius 1 is 1.89 bits per heavy atom. The van der Waals surface area contributed by atoms with Gasteiger partial charge in [-0.2, -0.15) is 0 Å². The van der Waals surface area contributed by atoms with Crippen molar-refractivity contribution < 1.29 is 4.42 Å². The van der Waals surface area contributed by atoms with Gasteiger partial charge >= 0.3 is 0 Å². The summed E-state index contributed by atoms with van der Waals surface area (Å²) in [7, 11) is 0. The summed E-state index contributed by atoms with van der Waals surface area (Å²) in [6.45, 7) is 0. The van der Waals surface area contributed by atoms with Crippen molar-refractivity contribution in [1.82, 2.24) is 4.98 Å². The van der Waals surface area contributed by atoms with Gasteiger partial charge in [-0.15, -0.1) is 0 Å². The average Bonchev–Trinajstić information content (AvgIpc) is 2.15. The van der Waals surface area contributed by atoms with E-state index in [1.807, 2.05) is 0 Å². The molecule has 0 unspecified atom stereocenters. The lowest BCUT2D eigenvalue weighted by molar-refractivity contribution is 0.520. The topological polar surface area (TPSA) is 52.0 Å². The fraction of sp³-hybridized carbons (Fsp3) is 0.200. The molecule has 0 saturated carbocycles. The second-order valence-electron chi connectivity index (χ2n) is 1.61. The zero-order chi connectivity index (χ0) is 6.69. The van der Waals surface area contributed by atoms with Crippen molar-refractivity contribution in [2.45, 2.75) is 6.42 Å². The van der Waals surface area contributed by atoms with Crippen LogP contribution in [0.2, 0.25) is 0 Å². The third-order valence-electron chi connectivity index (χ3n) is 0.832. The maximum absolute atomic E-state index is 5.23. The molecule has 0 spiro atoms. The molecule has 1 aromatic heterocycles. The maximum Gasteiger partial charge on any atom is 0.180 e. The molecule has 3 nitrogen and oxygen atoms in total. The van der Waals surface area contributed by atoms with Gasteiger partial charge in [0.05, 0.1) is 17.6 Å². The van der Waals surface area contributed by atoms with Crippen molar-refractivity contribution in [2.24, 2.45) is 5.73 Å². The van der Waals surface area contributed by atoms with Crippen LogP contribution in [-0.2, 0) is 6.42 Å². The van der Waals surface area contributed by atoms with Gasteiger partial charge in [0.2, 0.25) is 0 Å². The van der Waals surface area contributed by atoms with Crippen molar-refractivity contribution in [3.8, 4) is 0 Å². The van der Waals surface area contributed by atoms with E-state index >= 15 is 0 Å². The quantitative estimate of drug-likeness (QED) is 0.611. The predicted octanol–water partition coefficient (Wildman–Crippen LogP) is 0.503. The fourth-order valence-corrected chi connectivity index (χ4v) is 0.643. The van der Waals surface area contributed by atoms with Gasteiger partial charge in [-0.1, -0.05) is 12.2 Å². The molecule has 2 N–H and O–H groups in total. The molecule has 1 rings (SSSR count). The van der Waals surface area contributed by atoms with Crippen LogP contribution in [0.3, 0.4) is 0 Å². The SMILES string of the molecule is NC(=S)Cc1cnco1. The molecule has 0 aromatic carbocycles. The van der Waals surface area contributed by atoms with Crippen LogP contribution in [0.4, 0.5) is 0 Å². The minimum Gasteiger partial charge on any atom is -0.448 e. The van der Waals surface area contributed by atoms with Crippen molar-refractivity contribution in [1.29, 1.82) is 0 Å². The molecule has 0 atom stereocenters. The Kier molecular flexibility index (Phi) is 1.79. The van der Waals surface area contributed by atoms with Crippen LogP contribution >= 0.6 is 12.2 Å². The van der Waals surface area contributed by atoms with E-state index in [-0.39, 0.29) is 0 Å². The van der Waals surface area contributed by atoms with Gasteiger partial charge < -0.3 is 10.2 Å². The standard InChI is InChI=1S/C5H6N2OS/c6-5(9)1-4-2-7-3-8-4/h2-3H,1H2,(H2,6,9). The summed E-state index contributed by atoms with van der Waals surface area (Å²) in [5, 5.41) is 0. The second kappa shape index (κ2) is 2.59. The second-order valence-corrected chi connectivity index (χ2v) is 2.14.